The smallest absolute Gasteiger partial charge is 0.0237 e. The van der Waals surface area contributed by atoms with Gasteiger partial charge in [0.2, 0.25) is 0 Å². The molecule has 0 amide bonds. The first-order chi connectivity index (χ1) is 9.81. The number of benzene rings is 1. The molecule has 2 aliphatic rings. The van der Waals surface area contributed by atoms with E-state index in [2.05, 4.69) is 53.6 Å². The van der Waals surface area contributed by atoms with Crippen LogP contribution in [0.4, 0.5) is 0 Å². The molecule has 1 unspecified atom stereocenters. The summed E-state index contributed by atoms with van der Waals surface area (Å²) in [5.74, 6) is 0.613. The largest absolute Gasteiger partial charge is 0.313 e. The molecule has 1 heterocycles. The average molecular weight is 270 g/mol. The molecule has 1 aromatic carbocycles. The maximum absolute atomic E-state index is 3.62. The third kappa shape index (κ3) is 3.94. The van der Waals surface area contributed by atoms with Crippen LogP contribution in [0.2, 0.25) is 0 Å². The van der Waals surface area contributed by atoms with E-state index in [4.69, 9.17) is 0 Å². The molecule has 1 aromatic rings. The molecule has 2 heteroatoms. The molecule has 0 spiro atoms. The van der Waals surface area contributed by atoms with Crippen molar-refractivity contribution in [3.8, 4) is 0 Å². The van der Waals surface area contributed by atoms with Gasteiger partial charge in [0, 0.05) is 32.2 Å². The standard InChI is InChI=1S/C18H26N2/c1-15(13-19-18-9-10-18)17-7-5-16(6-8-17)14-20-11-3-2-4-12-20/h2-3,5-8,15,18-19H,4,9-14H2,1H3. The fraction of sp³-hybridized carbons (Fsp3) is 0.556. The zero-order valence-electron chi connectivity index (χ0n) is 12.5. The van der Waals surface area contributed by atoms with Crippen molar-refractivity contribution in [1.82, 2.24) is 10.2 Å². The van der Waals surface area contributed by atoms with Gasteiger partial charge in [-0.3, -0.25) is 4.90 Å². The quantitative estimate of drug-likeness (QED) is 0.798. The molecule has 0 aromatic heterocycles. The van der Waals surface area contributed by atoms with E-state index in [-0.39, 0.29) is 0 Å². The average Bonchev–Trinajstić information content (AvgIpc) is 3.31. The van der Waals surface area contributed by atoms with Crippen LogP contribution >= 0.6 is 0 Å². The summed E-state index contributed by atoms with van der Waals surface area (Å²) in [7, 11) is 0. The fourth-order valence-electron chi connectivity index (χ4n) is 2.79. The Hall–Kier alpha value is -1.12. The second-order valence-electron chi connectivity index (χ2n) is 6.32. The van der Waals surface area contributed by atoms with E-state index in [9.17, 15) is 0 Å². The summed E-state index contributed by atoms with van der Waals surface area (Å²) in [5, 5.41) is 3.62. The normalized spacial score (nSPS) is 21.1. The summed E-state index contributed by atoms with van der Waals surface area (Å²) in [5.41, 5.74) is 2.90. The molecular weight excluding hydrogens is 244 g/mol. The lowest BCUT2D eigenvalue weighted by molar-refractivity contribution is 0.290. The topological polar surface area (TPSA) is 15.3 Å². The highest BCUT2D eigenvalue weighted by Crippen LogP contribution is 2.21. The first kappa shape index (κ1) is 13.8. The third-order valence-electron chi connectivity index (χ3n) is 4.39. The van der Waals surface area contributed by atoms with Gasteiger partial charge in [-0.2, -0.15) is 0 Å². The van der Waals surface area contributed by atoms with Gasteiger partial charge in [-0.15, -0.1) is 0 Å². The van der Waals surface area contributed by atoms with Crippen LogP contribution < -0.4 is 5.32 Å². The minimum absolute atomic E-state index is 0.613. The Kier molecular flexibility index (Phi) is 4.54. The second kappa shape index (κ2) is 6.55. The molecule has 2 nitrogen and oxygen atoms in total. The predicted molar refractivity (Wildman–Crippen MR) is 84.9 cm³/mol. The maximum Gasteiger partial charge on any atom is 0.0237 e. The lowest BCUT2D eigenvalue weighted by Gasteiger charge is -2.23. The molecule has 3 rings (SSSR count). The fourth-order valence-corrected chi connectivity index (χ4v) is 2.79. The number of rotatable bonds is 6. The van der Waals surface area contributed by atoms with Crippen molar-refractivity contribution in [1.29, 1.82) is 0 Å². The SMILES string of the molecule is CC(CNC1CC1)c1ccc(CN2CC=CCC2)cc1. The van der Waals surface area contributed by atoms with E-state index in [1.54, 1.807) is 0 Å². The lowest BCUT2D eigenvalue weighted by atomic mass is 9.99. The van der Waals surface area contributed by atoms with E-state index in [0.717, 1.165) is 25.7 Å². The van der Waals surface area contributed by atoms with Crippen LogP contribution in [0, 0.1) is 0 Å². The summed E-state index contributed by atoms with van der Waals surface area (Å²) in [4.78, 5) is 2.51. The van der Waals surface area contributed by atoms with Gasteiger partial charge in [0.05, 0.1) is 0 Å². The van der Waals surface area contributed by atoms with Crippen molar-refractivity contribution in [3.05, 3.63) is 47.5 Å². The van der Waals surface area contributed by atoms with E-state index in [0.29, 0.717) is 5.92 Å². The van der Waals surface area contributed by atoms with Gasteiger partial charge in [-0.05, 0) is 36.3 Å². The molecule has 1 aliphatic carbocycles. The summed E-state index contributed by atoms with van der Waals surface area (Å²) in [6, 6.07) is 10.1. The van der Waals surface area contributed by atoms with E-state index < -0.39 is 0 Å². The zero-order chi connectivity index (χ0) is 13.8. The highest BCUT2D eigenvalue weighted by Gasteiger charge is 2.21. The van der Waals surface area contributed by atoms with Gasteiger partial charge in [-0.1, -0.05) is 43.3 Å². The Bertz CT molecular complexity index is 445. The minimum atomic E-state index is 0.613. The van der Waals surface area contributed by atoms with Crippen molar-refractivity contribution >= 4 is 0 Å². The zero-order valence-corrected chi connectivity index (χ0v) is 12.5. The van der Waals surface area contributed by atoms with Gasteiger partial charge in [0.15, 0.2) is 0 Å². The van der Waals surface area contributed by atoms with Gasteiger partial charge < -0.3 is 5.32 Å². The first-order valence-corrected chi connectivity index (χ1v) is 8.01. The molecular formula is C18H26N2. The minimum Gasteiger partial charge on any atom is -0.313 e. The Morgan fingerprint density at radius 1 is 1.20 bits per heavy atom. The summed E-state index contributed by atoms with van der Waals surface area (Å²) in [6.07, 6.45) is 8.51. The van der Waals surface area contributed by atoms with E-state index in [1.165, 1.54) is 36.9 Å². The van der Waals surface area contributed by atoms with Gasteiger partial charge >= 0.3 is 0 Å². The van der Waals surface area contributed by atoms with Gasteiger partial charge in [0.1, 0.15) is 0 Å². The van der Waals surface area contributed by atoms with Crippen molar-refractivity contribution in [2.75, 3.05) is 19.6 Å². The molecule has 0 saturated heterocycles. The first-order valence-electron chi connectivity index (χ1n) is 8.01. The van der Waals surface area contributed by atoms with Crippen LogP contribution in [0.25, 0.3) is 0 Å². The predicted octanol–water partition coefficient (Wildman–Crippen LogP) is 3.30. The maximum atomic E-state index is 3.62. The molecule has 1 saturated carbocycles. The lowest BCUT2D eigenvalue weighted by Crippen LogP contribution is -2.26. The van der Waals surface area contributed by atoms with Crippen LogP contribution in [0.3, 0.4) is 0 Å². The molecule has 0 bridgehead atoms. The highest BCUT2D eigenvalue weighted by atomic mass is 15.1. The molecule has 0 radical (unpaired) electrons. The number of nitrogens with zero attached hydrogens (tertiary/aromatic N) is 1. The monoisotopic (exact) mass is 270 g/mol. The Labute approximate surface area is 122 Å². The van der Waals surface area contributed by atoms with E-state index >= 15 is 0 Å². The molecule has 1 N–H and O–H groups in total. The molecule has 1 fully saturated rings. The number of hydrogen-bond donors (Lipinski definition) is 1. The van der Waals surface area contributed by atoms with Crippen LogP contribution in [0.1, 0.15) is 43.2 Å². The van der Waals surface area contributed by atoms with Crippen molar-refractivity contribution in [2.45, 2.75) is 44.7 Å². The Morgan fingerprint density at radius 3 is 2.65 bits per heavy atom. The van der Waals surface area contributed by atoms with Crippen molar-refractivity contribution < 1.29 is 0 Å². The van der Waals surface area contributed by atoms with Crippen LogP contribution in [-0.4, -0.2) is 30.6 Å². The summed E-state index contributed by atoms with van der Waals surface area (Å²) < 4.78 is 0. The summed E-state index contributed by atoms with van der Waals surface area (Å²) in [6.45, 7) is 6.81. The van der Waals surface area contributed by atoms with Crippen LogP contribution in [0.5, 0.6) is 0 Å². The highest BCUT2D eigenvalue weighted by molar-refractivity contribution is 5.25. The van der Waals surface area contributed by atoms with Crippen LogP contribution in [-0.2, 0) is 6.54 Å². The molecule has 1 atom stereocenters. The molecule has 1 aliphatic heterocycles. The van der Waals surface area contributed by atoms with E-state index in [1.807, 2.05) is 0 Å². The summed E-state index contributed by atoms with van der Waals surface area (Å²) >= 11 is 0. The Morgan fingerprint density at radius 2 is 2.00 bits per heavy atom. The van der Waals surface area contributed by atoms with Gasteiger partial charge in [-0.25, -0.2) is 0 Å². The third-order valence-corrected chi connectivity index (χ3v) is 4.39. The second-order valence-corrected chi connectivity index (χ2v) is 6.32. The molecule has 20 heavy (non-hydrogen) atoms. The van der Waals surface area contributed by atoms with Crippen molar-refractivity contribution in [2.24, 2.45) is 0 Å². The Balaban J connectivity index is 1.51. The van der Waals surface area contributed by atoms with Crippen LogP contribution in [0.15, 0.2) is 36.4 Å². The van der Waals surface area contributed by atoms with Gasteiger partial charge in [0.25, 0.3) is 0 Å². The number of nitrogens with one attached hydrogen (secondary N) is 1. The van der Waals surface area contributed by atoms with Crippen molar-refractivity contribution in [3.63, 3.8) is 0 Å². The number of hydrogen-bond acceptors (Lipinski definition) is 2. The molecule has 108 valence electrons.